The van der Waals surface area contributed by atoms with Crippen molar-refractivity contribution in [2.75, 3.05) is 14.2 Å². The van der Waals surface area contributed by atoms with Crippen LogP contribution in [0, 0.1) is 6.92 Å². The van der Waals surface area contributed by atoms with Crippen LogP contribution in [0.15, 0.2) is 22.9 Å². The number of amides is 2. The minimum absolute atomic E-state index is 0.00559. The van der Waals surface area contributed by atoms with Crippen LogP contribution in [0.25, 0.3) is 0 Å². The second-order valence-electron chi connectivity index (χ2n) is 5.68. The van der Waals surface area contributed by atoms with E-state index >= 15 is 0 Å². The van der Waals surface area contributed by atoms with Gasteiger partial charge < -0.3 is 19.5 Å². The average Bonchev–Trinajstić information content (AvgIpc) is 3.00. The van der Waals surface area contributed by atoms with E-state index < -0.39 is 0 Å². The number of methoxy groups -OCH3 is 1. The summed E-state index contributed by atoms with van der Waals surface area (Å²) in [5.74, 6) is 0.797. The molecule has 8 heteroatoms. The van der Waals surface area contributed by atoms with Crippen molar-refractivity contribution in [2.45, 2.75) is 39.5 Å². The fraction of sp³-hybridized carbons (Fsp3) is 0.500. The Morgan fingerprint density at radius 3 is 3.00 bits per heavy atom. The molecule has 0 bridgehead atoms. The van der Waals surface area contributed by atoms with Crippen molar-refractivity contribution in [1.82, 2.24) is 25.3 Å². The summed E-state index contributed by atoms with van der Waals surface area (Å²) >= 11 is 0. The predicted octanol–water partition coefficient (Wildman–Crippen LogP) is 1.69. The number of carbonyl (C=O) groups is 1. The second-order valence-corrected chi connectivity index (χ2v) is 5.68. The summed E-state index contributed by atoms with van der Waals surface area (Å²) in [6, 6.07) is 3.78. The number of aryl methyl sites for hydroxylation is 1. The fourth-order valence-corrected chi connectivity index (χ4v) is 2.18. The minimum atomic E-state index is -0.207. The molecular weight excluding hydrogens is 310 g/mol. The number of pyridine rings is 1. The highest BCUT2D eigenvalue weighted by Gasteiger charge is 2.17. The fourth-order valence-electron chi connectivity index (χ4n) is 2.18. The highest BCUT2D eigenvalue weighted by molar-refractivity contribution is 5.74. The van der Waals surface area contributed by atoms with Gasteiger partial charge in [-0.2, -0.15) is 4.98 Å². The van der Waals surface area contributed by atoms with Crippen molar-refractivity contribution in [3.05, 3.63) is 41.3 Å². The summed E-state index contributed by atoms with van der Waals surface area (Å²) < 4.78 is 9.95. The lowest BCUT2D eigenvalue weighted by Crippen LogP contribution is -2.43. The molecule has 2 rings (SSSR count). The molecule has 2 aromatic rings. The third kappa shape index (κ3) is 5.02. The summed E-state index contributed by atoms with van der Waals surface area (Å²) in [5.41, 5.74) is 2.12. The van der Waals surface area contributed by atoms with Crippen molar-refractivity contribution < 1.29 is 14.1 Å². The van der Waals surface area contributed by atoms with E-state index in [9.17, 15) is 4.79 Å². The lowest BCUT2D eigenvalue weighted by atomic mass is 10.1. The molecule has 0 radical (unpaired) electrons. The van der Waals surface area contributed by atoms with Crippen molar-refractivity contribution in [2.24, 2.45) is 0 Å². The molecule has 24 heavy (non-hydrogen) atoms. The van der Waals surface area contributed by atoms with Crippen LogP contribution in [-0.4, -0.2) is 46.3 Å². The van der Waals surface area contributed by atoms with Crippen LogP contribution in [0.4, 0.5) is 4.79 Å². The molecule has 0 spiro atoms. The molecule has 0 aromatic carbocycles. The highest BCUT2D eigenvalue weighted by Crippen LogP contribution is 2.07. The maximum atomic E-state index is 12.2. The van der Waals surface area contributed by atoms with Gasteiger partial charge in [0, 0.05) is 38.5 Å². The zero-order valence-corrected chi connectivity index (χ0v) is 14.4. The molecule has 0 aliphatic rings. The van der Waals surface area contributed by atoms with E-state index in [4.69, 9.17) is 9.26 Å². The zero-order chi connectivity index (χ0) is 17.5. The monoisotopic (exact) mass is 333 g/mol. The number of nitrogens with one attached hydrogen (secondary N) is 1. The third-order valence-corrected chi connectivity index (χ3v) is 3.63. The Morgan fingerprint density at radius 2 is 2.29 bits per heavy atom. The van der Waals surface area contributed by atoms with Crippen LogP contribution in [0.2, 0.25) is 0 Å². The standard InChI is InChI=1S/C16H23N5O3/c1-11-5-6-17-13(7-11)8-12(2)21(3)16(22)18-9-15-19-14(10-23-4)20-24-15/h5-7,12H,8-10H2,1-4H3,(H,18,22)/t12-/m0/s1. The molecule has 0 saturated heterocycles. The van der Waals surface area contributed by atoms with Crippen LogP contribution in [-0.2, 0) is 24.3 Å². The topological polar surface area (TPSA) is 93.4 Å². The van der Waals surface area contributed by atoms with Gasteiger partial charge in [-0.05, 0) is 31.5 Å². The van der Waals surface area contributed by atoms with E-state index in [1.807, 2.05) is 26.0 Å². The Kier molecular flexibility index (Phi) is 6.25. The lowest BCUT2D eigenvalue weighted by molar-refractivity contribution is 0.174. The van der Waals surface area contributed by atoms with E-state index in [1.165, 1.54) is 0 Å². The minimum Gasteiger partial charge on any atom is -0.377 e. The summed E-state index contributed by atoms with van der Waals surface area (Å²) in [4.78, 5) is 22.3. The Balaban J connectivity index is 1.84. The first-order valence-electron chi connectivity index (χ1n) is 7.72. The van der Waals surface area contributed by atoms with Gasteiger partial charge in [0.1, 0.15) is 6.61 Å². The maximum absolute atomic E-state index is 12.2. The lowest BCUT2D eigenvalue weighted by Gasteiger charge is -2.24. The molecule has 130 valence electrons. The summed E-state index contributed by atoms with van der Waals surface area (Å²) in [7, 11) is 3.30. The number of aromatic nitrogens is 3. The molecule has 0 aliphatic carbocycles. The quantitative estimate of drug-likeness (QED) is 0.829. The first kappa shape index (κ1) is 17.9. The molecule has 8 nitrogen and oxygen atoms in total. The van der Waals surface area contributed by atoms with Crippen LogP contribution in [0.3, 0.4) is 0 Å². The van der Waals surface area contributed by atoms with Crippen molar-refractivity contribution in [3.8, 4) is 0 Å². The molecule has 0 saturated carbocycles. The second kappa shape index (κ2) is 8.39. The predicted molar refractivity (Wildman–Crippen MR) is 87.1 cm³/mol. The van der Waals surface area contributed by atoms with Gasteiger partial charge in [-0.3, -0.25) is 4.98 Å². The Labute approximate surface area is 141 Å². The molecule has 0 aliphatic heterocycles. The van der Waals surface area contributed by atoms with Gasteiger partial charge >= 0.3 is 6.03 Å². The molecule has 0 unspecified atom stereocenters. The van der Waals surface area contributed by atoms with Crippen LogP contribution in [0.5, 0.6) is 0 Å². The van der Waals surface area contributed by atoms with Crippen molar-refractivity contribution >= 4 is 6.03 Å². The number of urea groups is 1. The molecule has 2 aromatic heterocycles. The molecule has 1 N–H and O–H groups in total. The summed E-state index contributed by atoms with van der Waals surface area (Å²) in [6.45, 7) is 4.45. The van der Waals surface area contributed by atoms with E-state index in [1.54, 1.807) is 25.3 Å². The molecular formula is C16H23N5O3. The number of hydrogen-bond acceptors (Lipinski definition) is 6. The van der Waals surface area contributed by atoms with Gasteiger partial charge in [0.15, 0.2) is 5.82 Å². The van der Waals surface area contributed by atoms with Gasteiger partial charge in [0.25, 0.3) is 0 Å². The number of carbonyl (C=O) groups excluding carboxylic acids is 1. The van der Waals surface area contributed by atoms with E-state index in [0.29, 0.717) is 18.1 Å². The van der Waals surface area contributed by atoms with Gasteiger partial charge in [-0.25, -0.2) is 4.79 Å². The van der Waals surface area contributed by atoms with Crippen molar-refractivity contribution in [1.29, 1.82) is 0 Å². The molecule has 2 amide bonds. The first-order chi connectivity index (χ1) is 11.5. The Morgan fingerprint density at radius 1 is 1.50 bits per heavy atom. The maximum Gasteiger partial charge on any atom is 0.317 e. The van der Waals surface area contributed by atoms with Gasteiger partial charge in [0.2, 0.25) is 5.89 Å². The van der Waals surface area contributed by atoms with E-state index in [0.717, 1.165) is 11.3 Å². The Hall–Kier alpha value is -2.48. The number of ether oxygens (including phenoxy) is 1. The number of likely N-dealkylation sites (N-methyl/N-ethyl adjacent to an activating group) is 1. The summed E-state index contributed by atoms with van der Waals surface area (Å²) in [6.07, 6.45) is 2.47. The number of rotatable bonds is 7. The van der Waals surface area contributed by atoms with Crippen LogP contribution < -0.4 is 5.32 Å². The smallest absolute Gasteiger partial charge is 0.317 e. The highest BCUT2D eigenvalue weighted by atomic mass is 16.5. The van der Waals surface area contributed by atoms with Gasteiger partial charge in [-0.15, -0.1) is 0 Å². The van der Waals surface area contributed by atoms with E-state index in [2.05, 4.69) is 20.4 Å². The van der Waals surface area contributed by atoms with E-state index in [-0.39, 0.29) is 25.2 Å². The molecule has 2 heterocycles. The Bertz CT molecular complexity index is 673. The van der Waals surface area contributed by atoms with Crippen molar-refractivity contribution in [3.63, 3.8) is 0 Å². The largest absolute Gasteiger partial charge is 0.377 e. The van der Waals surface area contributed by atoms with Crippen LogP contribution in [0.1, 0.15) is 29.9 Å². The molecule has 1 atom stereocenters. The SMILES string of the molecule is COCc1noc(CNC(=O)N(C)[C@@H](C)Cc2cc(C)ccn2)n1. The third-order valence-electron chi connectivity index (χ3n) is 3.63. The average molecular weight is 333 g/mol. The molecule has 0 fully saturated rings. The normalized spacial score (nSPS) is 12.0. The van der Waals surface area contributed by atoms with Gasteiger partial charge in [0.05, 0.1) is 6.54 Å². The number of hydrogen-bond donors (Lipinski definition) is 1. The van der Waals surface area contributed by atoms with Crippen LogP contribution >= 0.6 is 0 Å². The van der Waals surface area contributed by atoms with Gasteiger partial charge in [-0.1, -0.05) is 5.16 Å². The number of nitrogens with zero attached hydrogens (tertiary/aromatic N) is 4. The first-order valence-corrected chi connectivity index (χ1v) is 7.72. The summed E-state index contributed by atoms with van der Waals surface area (Å²) in [5, 5.41) is 6.51. The zero-order valence-electron chi connectivity index (χ0n) is 14.4.